The number of ether oxygens (including phenoxy) is 1. The highest BCUT2D eigenvalue weighted by Gasteiger charge is 2.68. The first-order valence-corrected chi connectivity index (χ1v) is 7.63. The van der Waals surface area contributed by atoms with E-state index in [1.807, 2.05) is 0 Å². The molecule has 0 radical (unpaired) electrons. The third-order valence-electron chi connectivity index (χ3n) is 4.79. The molecule has 1 saturated carbocycles. The number of likely N-dealkylation sites (tertiary alicyclic amines) is 1. The van der Waals surface area contributed by atoms with Crippen LogP contribution >= 0.6 is 0 Å². The van der Waals surface area contributed by atoms with Crippen molar-refractivity contribution in [2.75, 3.05) is 20.2 Å². The molecule has 1 aromatic carbocycles. The van der Waals surface area contributed by atoms with Gasteiger partial charge in [-0.05, 0) is 24.8 Å². The Kier molecular flexibility index (Phi) is 3.79. The fourth-order valence-corrected chi connectivity index (χ4v) is 3.43. The van der Waals surface area contributed by atoms with E-state index >= 15 is 0 Å². The van der Waals surface area contributed by atoms with E-state index in [9.17, 15) is 19.7 Å². The number of carbonyl (C=O) groups is 2. The molecule has 1 saturated heterocycles. The molecule has 3 rings (SSSR count). The number of nitro benzene ring substituents is 1. The molecule has 1 aliphatic heterocycles. The van der Waals surface area contributed by atoms with Gasteiger partial charge in [-0.15, -0.1) is 0 Å². The summed E-state index contributed by atoms with van der Waals surface area (Å²) in [5.74, 6) is -0.966. The standard InChI is InChI=1S/C16H18N2O5/c1-23-15(20)16(14(19)17-8-2-3-9-17)10-13(16)11-4-6-12(7-5-11)18(21)22/h4-7,13H,2-3,8-10H2,1H3/t13-,16-/m1/s1. The first kappa shape index (κ1) is 15.5. The van der Waals surface area contributed by atoms with Crippen LogP contribution in [0.4, 0.5) is 5.69 Å². The average molecular weight is 318 g/mol. The monoisotopic (exact) mass is 318 g/mol. The maximum atomic E-state index is 12.8. The van der Waals surface area contributed by atoms with Gasteiger partial charge >= 0.3 is 5.97 Å². The minimum Gasteiger partial charge on any atom is -0.468 e. The molecule has 1 heterocycles. The molecule has 0 spiro atoms. The van der Waals surface area contributed by atoms with Crippen molar-refractivity contribution in [1.82, 2.24) is 4.90 Å². The molecule has 7 nitrogen and oxygen atoms in total. The van der Waals surface area contributed by atoms with Crippen LogP contribution in [0.25, 0.3) is 0 Å². The fraction of sp³-hybridized carbons (Fsp3) is 0.500. The van der Waals surface area contributed by atoms with Gasteiger partial charge in [-0.3, -0.25) is 19.7 Å². The molecular formula is C16H18N2O5. The quantitative estimate of drug-likeness (QED) is 0.366. The molecule has 0 bridgehead atoms. The number of nitro groups is 1. The molecule has 0 N–H and O–H groups in total. The van der Waals surface area contributed by atoms with Gasteiger partial charge in [-0.2, -0.15) is 0 Å². The maximum absolute atomic E-state index is 12.8. The number of benzene rings is 1. The Morgan fingerprint density at radius 2 is 1.87 bits per heavy atom. The van der Waals surface area contributed by atoms with Crippen LogP contribution in [0.3, 0.4) is 0 Å². The second-order valence-electron chi connectivity index (χ2n) is 6.07. The van der Waals surface area contributed by atoms with E-state index in [0.717, 1.165) is 18.4 Å². The largest absolute Gasteiger partial charge is 0.468 e. The Balaban J connectivity index is 1.86. The highest BCUT2D eigenvalue weighted by Crippen LogP contribution is 2.61. The van der Waals surface area contributed by atoms with Gasteiger partial charge in [-0.1, -0.05) is 12.1 Å². The van der Waals surface area contributed by atoms with Gasteiger partial charge in [0.05, 0.1) is 12.0 Å². The van der Waals surface area contributed by atoms with Crippen molar-refractivity contribution < 1.29 is 19.2 Å². The topological polar surface area (TPSA) is 89.8 Å². The Labute approximate surface area is 133 Å². The van der Waals surface area contributed by atoms with Crippen LogP contribution in [0.1, 0.15) is 30.7 Å². The van der Waals surface area contributed by atoms with Crippen LogP contribution in [0, 0.1) is 15.5 Å². The molecule has 1 aromatic rings. The van der Waals surface area contributed by atoms with Crippen molar-refractivity contribution in [2.24, 2.45) is 5.41 Å². The molecule has 1 amide bonds. The zero-order chi connectivity index (χ0) is 16.6. The highest BCUT2D eigenvalue weighted by atomic mass is 16.6. The summed E-state index contributed by atoms with van der Waals surface area (Å²) < 4.78 is 4.88. The smallest absolute Gasteiger partial charge is 0.322 e. The van der Waals surface area contributed by atoms with E-state index in [1.54, 1.807) is 17.0 Å². The summed E-state index contributed by atoms with van der Waals surface area (Å²) >= 11 is 0. The van der Waals surface area contributed by atoms with Gasteiger partial charge in [0.1, 0.15) is 0 Å². The molecule has 2 aliphatic rings. The minimum absolute atomic E-state index is 0.0102. The number of hydrogen-bond acceptors (Lipinski definition) is 5. The van der Waals surface area contributed by atoms with E-state index in [1.165, 1.54) is 19.2 Å². The molecule has 1 aliphatic carbocycles. The Morgan fingerprint density at radius 1 is 1.26 bits per heavy atom. The molecule has 0 aromatic heterocycles. The van der Waals surface area contributed by atoms with E-state index in [-0.39, 0.29) is 17.5 Å². The van der Waals surface area contributed by atoms with Crippen LogP contribution < -0.4 is 0 Å². The molecule has 122 valence electrons. The first-order valence-electron chi connectivity index (χ1n) is 7.63. The van der Waals surface area contributed by atoms with Gasteiger partial charge in [0.15, 0.2) is 5.41 Å². The lowest BCUT2D eigenvalue weighted by atomic mass is 9.97. The number of non-ortho nitro benzene ring substituents is 1. The van der Waals surface area contributed by atoms with E-state index in [0.29, 0.717) is 19.5 Å². The zero-order valence-electron chi connectivity index (χ0n) is 12.9. The lowest BCUT2D eigenvalue weighted by molar-refractivity contribution is -0.384. The summed E-state index contributed by atoms with van der Waals surface area (Å²) in [6, 6.07) is 6.03. The van der Waals surface area contributed by atoms with Gasteiger partial charge in [0, 0.05) is 31.1 Å². The van der Waals surface area contributed by atoms with Crippen LogP contribution in [0.2, 0.25) is 0 Å². The minimum atomic E-state index is -1.16. The molecule has 23 heavy (non-hydrogen) atoms. The number of methoxy groups -OCH3 is 1. The molecule has 2 fully saturated rings. The van der Waals surface area contributed by atoms with Crippen molar-refractivity contribution in [1.29, 1.82) is 0 Å². The van der Waals surface area contributed by atoms with E-state index in [4.69, 9.17) is 4.74 Å². The SMILES string of the molecule is COC(=O)[C@]1(C(=O)N2CCCC2)C[C@@H]1c1ccc([N+](=O)[O-])cc1. The first-order chi connectivity index (χ1) is 11.0. The van der Waals surface area contributed by atoms with Crippen LogP contribution in [0.15, 0.2) is 24.3 Å². The van der Waals surface area contributed by atoms with Crippen molar-refractivity contribution in [3.05, 3.63) is 39.9 Å². The number of rotatable bonds is 4. The third-order valence-corrected chi connectivity index (χ3v) is 4.79. The Hall–Kier alpha value is -2.44. The Bertz CT molecular complexity index is 651. The summed E-state index contributed by atoms with van der Waals surface area (Å²) in [7, 11) is 1.28. The number of esters is 1. The molecule has 7 heteroatoms. The molecule has 0 unspecified atom stereocenters. The summed E-state index contributed by atoms with van der Waals surface area (Å²) in [4.78, 5) is 37.1. The van der Waals surface area contributed by atoms with Crippen LogP contribution in [0.5, 0.6) is 0 Å². The van der Waals surface area contributed by atoms with Gasteiger partial charge in [0.2, 0.25) is 5.91 Å². The van der Waals surface area contributed by atoms with Crippen molar-refractivity contribution >= 4 is 17.6 Å². The van der Waals surface area contributed by atoms with Crippen molar-refractivity contribution in [3.8, 4) is 0 Å². The average Bonchev–Trinajstić information content (AvgIpc) is 3.08. The van der Waals surface area contributed by atoms with Crippen molar-refractivity contribution in [3.63, 3.8) is 0 Å². The van der Waals surface area contributed by atoms with E-state index in [2.05, 4.69) is 0 Å². The third kappa shape index (κ3) is 2.46. The fourth-order valence-electron chi connectivity index (χ4n) is 3.43. The normalized spacial score (nSPS) is 26.0. The Morgan fingerprint density at radius 3 is 2.39 bits per heavy atom. The predicted molar refractivity (Wildman–Crippen MR) is 80.7 cm³/mol. The summed E-state index contributed by atoms with van der Waals surface area (Å²) in [5.41, 5.74) is -0.410. The lowest BCUT2D eigenvalue weighted by Crippen LogP contribution is -2.40. The van der Waals surface area contributed by atoms with Crippen molar-refractivity contribution in [2.45, 2.75) is 25.2 Å². The number of carbonyl (C=O) groups excluding carboxylic acids is 2. The lowest BCUT2D eigenvalue weighted by Gasteiger charge is -2.22. The number of hydrogen-bond donors (Lipinski definition) is 0. The van der Waals surface area contributed by atoms with Gasteiger partial charge in [-0.25, -0.2) is 0 Å². The number of amides is 1. The zero-order valence-corrected chi connectivity index (χ0v) is 12.9. The summed E-state index contributed by atoms with van der Waals surface area (Å²) in [6.07, 6.45) is 2.29. The predicted octanol–water partition coefficient (Wildman–Crippen LogP) is 1.86. The van der Waals surface area contributed by atoms with Gasteiger partial charge < -0.3 is 9.64 Å². The summed E-state index contributed by atoms with van der Waals surface area (Å²) in [5, 5.41) is 10.7. The molecular weight excluding hydrogens is 300 g/mol. The second-order valence-corrected chi connectivity index (χ2v) is 6.07. The maximum Gasteiger partial charge on any atom is 0.322 e. The second kappa shape index (κ2) is 5.64. The van der Waals surface area contributed by atoms with Gasteiger partial charge in [0.25, 0.3) is 5.69 Å². The molecule has 2 atom stereocenters. The van der Waals surface area contributed by atoms with E-state index < -0.39 is 16.3 Å². The summed E-state index contributed by atoms with van der Waals surface area (Å²) in [6.45, 7) is 1.34. The van der Waals surface area contributed by atoms with Crippen LogP contribution in [-0.2, 0) is 14.3 Å². The van der Waals surface area contributed by atoms with Crippen LogP contribution in [-0.4, -0.2) is 41.9 Å². The number of nitrogens with zero attached hydrogens (tertiary/aromatic N) is 2. The highest BCUT2D eigenvalue weighted by molar-refractivity contribution is 6.07.